The number of rotatable bonds is 2. The quantitative estimate of drug-likeness (QED) is 0.637. The highest BCUT2D eigenvalue weighted by molar-refractivity contribution is 8.00. The normalized spacial score (nSPS) is 28.5. The lowest BCUT2D eigenvalue weighted by atomic mass is 10.2. The number of nitrogens with zero attached hydrogens (tertiary/aromatic N) is 1. The van der Waals surface area contributed by atoms with E-state index in [1.165, 1.54) is 11.8 Å². The van der Waals surface area contributed by atoms with Crippen molar-refractivity contribution in [3.8, 4) is 0 Å². The first kappa shape index (κ1) is 12.3. The minimum absolute atomic E-state index is 0.219. The van der Waals surface area contributed by atoms with E-state index in [1.54, 1.807) is 0 Å². The second-order valence-corrected chi connectivity index (χ2v) is 5.18. The van der Waals surface area contributed by atoms with E-state index in [1.807, 2.05) is 4.98 Å². The summed E-state index contributed by atoms with van der Waals surface area (Å²) in [5.41, 5.74) is -1.78. The molecule has 0 unspecified atom stereocenters. The number of hydrogen-bond acceptors (Lipinski definition) is 5. The van der Waals surface area contributed by atoms with Crippen LogP contribution in [0.3, 0.4) is 0 Å². The molecule has 0 spiro atoms. The minimum atomic E-state index is -1.06. The molecule has 1 aliphatic heterocycles. The molecule has 8 heteroatoms. The zero-order valence-corrected chi connectivity index (χ0v) is 9.48. The van der Waals surface area contributed by atoms with Crippen molar-refractivity contribution in [2.45, 2.75) is 23.1 Å². The number of aromatic nitrogens is 2. The third kappa shape index (κ3) is 2.28. The van der Waals surface area contributed by atoms with E-state index in [9.17, 15) is 19.1 Å². The fourth-order valence-corrected chi connectivity index (χ4v) is 3.10. The molecule has 0 radical (unpaired) electrons. The van der Waals surface area contributed by atoms with Crippen molar-refractivity contribution in [3.05, 3.63) is 32.9 Å². The molecule has 0 saturated carbocycles. The Morgan fingerprint density at radius 3 is 2.88 bits per heavy atom. The topological polar surface area (TPSA) is 95.3 Å². The van der Waals surface area contributed by atoms with Gasteiger partial charge in [-0.2, -0.15) is 4.39 Å². The minimum Gasteiger partial charge on any atom is -0.395 e. The molecular weight excluding hydrogens is 251 g/mol. The number of nitrogens with one attached hydrogen (secondary N) is 1. The van der Waals surface area contributed by atoms with Gasteiger partial charge in [-0.15, -0.1) is 11.8 Å². The number of aliphatic hydroxyl groups is 2. The summed E-state index contributed by atoms with van der Waals surface area (Å²) in [6, 6.07) is 0. The zero-order valence-electron chi connectivity index (χ0n) is 8.67. The molecule has 1 fully saturated rings. The van der Waals surface area contributed by atoms with Crippen LogP contribution in [0.1, 0.15) is 11.8 Å². The third-order valence-corrected chi connectivity index (χ3v) is 4.17. The van der Waals surface area contributed by atoms with Crippen LogP contribution in [0.25, 0.3) is 0 Å². The van der Waals surface area contributed by atoms with Gasteiger partial charge in [0.2, 0.25) is 5.82 Å². The summed E-state index contributed by atoms with van der Waals surface area (Å²) in [4.78, 5) is 24.2. The lowest BCUT2D eigenvalue weighted by Crippen LogP contribution is -2.32. The SMILES string of the molecule is O=c1[nH]c(=O)n([C@H]2C[C@H](O)[C@H](CO)S2)cc1F. The molecule has 1 aliphatic rings. The lowest BCUT2D eigenvalue weighted by molar-refractivity contribution is 0.137. The van der Waals surface area contributed by atoms with Crippen LogP contribution < -0.4 is 11.2 Å². The summed E-state index contributed by atoms with van der Waals surface area (Å²) in [6.45, 7) is -0.219. The number of aromatic amines is 1. The van der Waals surface area contributed by atoms with Gasteiger partial charge in [-0.1, -0.05) is 0 Å². The molecule has 3 N–H and O–H groups in total. The summed E-state index contributed by atoms with van der Waals surface area (Å²) in [5, 5.41) is 17.7. The first-order valence-corrected chi connectivity index (χ1v) is 5.92. The molecule has 0 aliphatic carbocycles. The van der Waals surface area contributed by atoms with Crippen molar-refractivity contribution in [2.75, 3.05) is 6.61 Å². The van der Waals surface area contributed by atoms with Gasteiger partial charge in [-0.25, -0.2) is 4.79 Å². The van der Waals surface area contributed by atoms with E-state index in [-0.39, 0.29) is 13.0 Å². The predicted octanol–water partition coefficient (Wildman–Crippen LogP) is -0.967. The summed E-state index contributed by atoms with van der Waals surface area (Å²) < 4.78 is 14.1. The molecule has 0 aromatic carbocycles. The van der Waals surface area contributed by atoms with Gasteiger partial charge in [-0.05, 0) is 0 Å². The number of thioether (sulfide) groups is 1. The molecule has 94 valence electrons. The number of H-pyrrole nitrogens is 1. The highest BCUT2D eigenvalue weighted by Crippen LogP contribution is 2.40. The van der Waals surface area contributed by atoms with Gasteiger partial charge in [0.1, 0.15) is 0 Å². The lowest BCUT2D eigenvalue weighted by Gasteiger charge is -2.12. The van der Waals surface area contributed by atoms with Crippen LogP contribution in [0.15, 0.2) is 15.8 Å². The Kier molecular flexibility index (Phi) is 3.36. The second-order valence-electron chi connectivity index (χ2n) is 3.76. The number of hydrogen-bond donors (Lipinski definition) is 3. The van der Waals surface area contributed by atoms with Crippen molar-refractivity contribution in [1.29, 1.82) is 0 Å². The maximum atomic E-state index is 13.1. The fourth-order valence-electron chi connectivity index (χ4n) is 1.72. The molecule has 3 atom stereocenters. The number of halogens is 1. The van der Waals surface area contributed by atoms with Gasteiger partial charge in [0.05, 0.1) is 29.5 Å². The third-order valence-electron chi connectivity index (χ3n) is 2.62. The van der Waals surface area contributed by atoms with Crippen LogP contribution >= 0.6 is 11.8 Å². The largest absolute Gasteiger partial charge is 0.395 e. The van der Waals surface area contributed by atoms with Crippen LogP contribution in [0.2, 0.25) is 0 Å². The molecule has 0 amide bonds. The monoisotopic (exact) mass is 262 g/mol. The summed E-state index contributed by atoms with van der Waals surface area (Å²) in [7, 11) is 0. The Bertz CT molecular complexity index is 528. The predicted molar refractivity (Wildman–Crippen MR) is 59.4 cm³/mol. The smallest absolute Gasteiger partial charge is 0.329 e. The number of aliphatic hydroxyl groups excluding tert-OH is 2. The molecule has 1 saturated heterocycles. The van der Waals surface area contributed by atoms with Crippen LogP contribution in [-0.2, 0) is 0 Å². The van der Waals surface area contributed by atoms with Crippen molar-refractivity contribution in [3.63, 3.8) is 0 Å². The molecule has 1 aromatic heterocycles. The molecule has 0 bridgehead atoms. The van der Waals surface area contributed by atoms with Gasteiger partial charge in [0.15, 0.2) is 0 Å². The van der Waals surface area contributed by atoms with Gasteiger partial charge in [-0.3, -0.25) is 14.3 Å². The van der Waals surface area contributed by atoms with Gasteiger partial charge >= 0.3 is 5.69 Å². The fraction of sp³-hybridized carbons (Fsp3) is 0.556. The molecule has 17 heavy (non-hydrogen) atoms. The van der Waals surface area contributed by atoms with E-state index in [2.05, 4.69) is 0 Å². The Hall–Kier alpha value is -1.12. The first-order chi connectivity index (χ1) is 8.02. The van der Waals surface area contributed by atoms with Crippen LogP contribution in [0.4, 0.5) is 4.39 Å². The molecular formula is C9H11FN2O4S. The highest BCUT2D eigenvalue weighted by Gasteiger charge is 2.34. The Morgan fingerprint density at radius 2 is 2.29 bits per heavy atom. The van der Waals surface area contributed by atoms with E-state index in [4.69, 9.17) is 5.11 Å². The summed E-state index contributed by atoms with van der Waals surface area (Å²) in [5.74, 6) is -1.05. The Labute approximate surface area is 99.1 Å². The summed E-state index contributed by atoms with van der Waals surface area (Å²) in [6.07, 6.45) is 0.295. The van der Waals surface area contributed by atoms with E-state index >= 15 is 0 Å². The van der Waals surface area contributed by atoms with Gasteiger partial charge in [0.25, 0.3) is 5.56 Å². The molecule has 2 rings (SSSR count). The Morgan fingerprint density at radius 1 is 1.59 bits per heavy atom. The van der Waals surface area contributed by atoms with Crippen molar-refractivity contribution < 1.29 is 14.6 Å². The van der Waals surface area contributed by atoms with E-state index in [0.29, 0.717) is 0 Å². The van der Waals surface area contributed by atoms with Crippen LogP contribution in [0.5, 0.6) is 0 Å². The highest BCUT2D eigenvalue weighted by atomic mass is 32.2. The maximum Gasteiger partial charge on any atom is 0.329 e. The standard InChI is InChI=1S/C9H11FN2O4S/c10-4-2-12(9(16)11-8(4)15)7-1-5(14)6(3-13)17-7/h2,5-7,13-14H,1,3H2,(H,11,15,16)/t5-,6-,7+/m0/s1. The first-order valence-electron chi connectivity index (χ1n) is 4.98. The second kappa shape index (κ2) is 4.63. The average molecular weight is 262 g/mol. The van der Waals surface area contributed by atoms with Crippen molar-refractivity contribution >= 4 is 11.8 Å². The molecule has 1 aromatic rings. The van der Waals surface area contributed by atoms with E-state index < -0.39 is 33.8 Å². The van der Waals surface area contributed by atoms with Crippen LogP contribution in [-0.4, -0.2) is 37.7 Å². The zero-order chi connectivity index (χ0) is 12.6. The summed E-state index contributed by atoms with van der Waals surface area (Å²) >= 11 is 1.17. The van der Waals surface area contributed by atoms with Gasteiger partial charge in [0, 0.05) is 6.42 Å². The van der Waals surface area contributed by atoms with E-state index in [0.717, 1.165) is 10.8 Å². The van der Waals surface area contributed by atoms with Crippen LogP contribution in [0, 0.1) is 5.82 Å². The average Bonchev–Trinajstić information content (AvgIpc) is 2.65. The van der Waals surface area contributed by atoms with Crippen molar-refractivity contribution in [1.82, 2.24) is 9.55 Å². The van der Waals surface area contributed by atoms with Crippen molar-refractivity contribution in [2.24, 2.45) is 0 Å². The van der Waals surface area contributed by atoms with Gasteiger partial charge < -0.3 is 10.2 Å². The maximum absolute atomic E-state index is 13.1. The molecule has 6 nitrogen and oxygen atoms in total. The molecule has 2 heterocycles. The Balaban J connectivity index is 2.34.